The average Bonchev–Trinajstić information content (AvgIpc) is 3.09. The molecule has 1 atom stereocenters. The summed E-state index contributed by atoms with van der Waals surface area (Å²) in [6, 6.07) is 12.7. The van der Waals surface area contributed by atoms with E-state index >= 15 is 0 Å². The Morgan fingerprint density at radius 3 is 2.81 bits per heavy atom. The fourth-order valence-corrected chi connectivity index (χ4v) is 3.31. The predicted octanol–water partition coefficient (Wildman–Crippen LogP) is 4.47. The van der Waals surface area contributed by atoms with Crippen molar-refractivity contribution in [1.82, 2.24) is 4.98 Å². The van der Waals surface area contributed by atoms with Crippen LogP contribution in [0.25, 0.3) is 22.4 Å². The lowest BCUT2D eigenvalue weighted by molar-refractivity contribution is -0.129. The largest absolute Gasteiger partial charge is 0.460 e. The van der Waals surface area contributed by atoms with Crippen LogP contribution in [-0.4, -0.2) is 22.8 Å². The molecule has 5 nitrogen and oxygen atoms in total. The number of carbonyl (C=O) groups is 2. The Hall–Kier alpha value is -2.95. The number of pyridine rings is 1. The number of hydrogen-bond acceptors (Lipinski definition) is 5. The Kier molecular flexibility index (Phi) is 4.29. The highest BCUT2D eigenvalue weighted by Gasteiger charge is 2.27. The second-order valence-electron chi connectivity index (χ2n) is 6.59. The number of furan rings is 1. The summed E-state index contributed by atoms with van der Waals surface area (Å²) in [7, 11) is 0. The highest BCUT2D eigenvalue weighted by molar-refractivity contribution is 6.05. The molecule has 26 heavy (non-hydrogen) atoms. The van der Waals surface area contributed by atoms with Crippen LogP contribution >= 0.6 is 0 Å². The second-order valence-corrected chi connectivity index (χ2v) is 6.59. The van der Waals surface area contributed by atoms with Crippen LogP contribution in [0.15, 0.2) is 46.9 Å². The van der Waals surface area contributed by atoms with Gasteiger partial charge in [0.15, 0.2) is 17.6 Å². The number of Topliss-reactive ketones (excluding diaryl/α,β-unsaturated/α-hetero) is 1. The van der Waals surface area contributed by atoms with E-state index in [1.54, 1.807) is 6.07 Å². The number of ketones is 1. The molecule has 1 saturated carbocycles. The summed E-state index contributed by atoms with van der Waals surface area (Å²) >= 11 is 0. The van der Waals surface area contributed by atoms with Crippen molar-refractivity contribution < 1.29 is 18.7 Å². The molecule has 1 unspecified atom stereocenters. The quantitative estimate of drug-likeness (QED) is 0.653. The minimum atomic E-state index is -0.641. The monoisotopic (exact) mass is 349 g/mol. The third kappa shape index (κ3) is 3.12. The summed E-state index contributed by atoms with van der Waals surface area (Å²) in [6.07, 6.45) is 2.20. The molecule has 2 heterocycles. The van der Waals surface area contributed by atoms with E-state index in [0.717, 1.165) is 18.6 Å². The molecule has 0 amide bonds. The molecule has 2 aromatic heterocycles. The van der Waals surface area contributed by atoms with Crippen LogP contribution in [0.5, 0.6) is 0 Å². The molecule has 1 fully saturated rings. The number of ether oxygens (including phenoxy) is 1. The number of nitrogens with zero attached hydrogens (tertiary/aromatic N) is 1. The minimum absolute atomic E-state index is 0.00449. The van der Waals surface area contributed by atoms with Gasteiger partial charge in [-0.05, 0) is 50.5 Å². The summed E-state index contributed by atoms with van der Waals surface area (Å²) in [5.74, 6) is 0.876. The van der Waals surface area contributed by atoms with Gasteiger partial charge in [0.2, 0.25) is 0 Å². The van der Waals surface area contributed by atoms with Crippen LogP contribution in [0.3, 0.4) is 0 Å². The van der Waals surface area contributed by atoms with Gasteiger partial charge in [-0.25, -0.2) is 9.78 Å². The summed E-state index contributed by atoms with van der Waals surface area (Å²) in [5.41, 5.74) is 1.65. The molecule has 0 spiro atoms. The van der Waals surface area contributed by atoms with Gasteiger partial charge in [0.05, 0.1) is 11.1 Å². The van der Waals surface area contributed by atoms with Crippen LogP contribution in [0, 0.1) is 6.92 Å². The maximum atomic E-state index is 12.8. The predicted molar refractivity (Wildman–Crippen MR) is 96.9 cm³/mol. The van der Waals surface area contributed by atoms with E-state index in [1.807, 2.05) is 43.3 Å². The number of aryl methyl sites for hydroxylation is 1. The van der Waals surface area contributed by atoms with Crippen molar-refractivity contribution in [2.24, 2.45) is 0 Å². The van der Waals surface area contributed by atoms with Crippen molar-refractivity contribution in [3.05, 3.63) is 53.8 Å². The van der Waals surface area contributed by atoms with E-state index in [2.05, 4.69) is 4.98 Å². The van der Waals surface area contributed by atoms with Crippen molar-refractivity contribution >= 4 is 22.7 Å². The lowest BCUT2D eigenvalue weighted by atomic mass is 9.96. The van der Waals surface area contributed by atoms with Crippen molar-refractivity contribution in [3.8, 4) is 11.5 Å². The first-order chi connectivity index (χ1) is 12.6. The molecule has 5 heteroatoms. The van der Waals surface area contributed by atoms with Gasteiger partial charge in [-0.2, -0.15) is 0 Å². The molecule has 0 N–H and O–H groups in total. The maximum absolute atomic E-state index is 12.8. The molecule has 0 bridgehead atoms. The number of carbonyl (C=O) groups excluding carboxylic acids is 2. The number of rotatable bonds is 3. The smallest absolute Gasteiger partial charge is 0.339 e. The number of para-hydroxylation sites is 1. The van der Waals surface area contributed by atoms with Crippen molar-refractivity contribution in [3.63, 3.8) is 0 Å². The van der Waals surface area contributed by atoms with E-state index < -0.39 is 12.1 Å². The Balaban J connectivity index is 1.75. The van der Waals surface area contributed by atoms with E-state index in [4.69, 9.17) is 9.15 Å². The Morgan fingerprint density at radius 2 is 2.04 bits per heavy atom. The zero-order valence-electron chi connectivity index (χ0n) is 14.5. The Bertz CT molecular complexity index is 989. The highest BCUT2D eigenvalue weighted by atomic mass is 16.5. The number of benzene rings is 1. The molecule has 0 aliphatic heterocycles. The number of fused-ring (bicyclic) bond motifs is 1. The molecular formula is C21H19NO4. The lowest BCUT2D eigenvalue weighted by Gasteiger charge is -2.21. The van der Waals surface area contributed by atoms with Gasteiger partial charge in [0, 0.05) is 11.8 Å². The molecule has 1 aliphatic rings. The van der Waals surface area contributed by atoms with Gasteiger partial charge in [0.1, 0.15) is 11.5 Å². The first-order valence-electron chi connectivity index (χ1n) is 8.82. The molecule has 4 rings (SSSR count). The SMILES string of the molecule is Cc1ccc(-c2cc(C(=O)OC3CCCCC3=O)c3ccccc3n2)o1. The molecule has 1 aromatic carbocycles. The van der Waals surface area contributed by atoms with Crippen molar-refractivity contribution in [1.29, 1.82) is 0 Å². The van der Waals surface area contributed by atoms with Gasteiger partial charge < -0.3 is 9.15 Å². The average molecular weight is 349 g/mol. The highest BCUT2D eigenvalue weighted by Crippen LogP contribution is 2.28. The first-order valence-corrected chi connectivity index (χ1v) is 8.82. The van der Waals surface area contributed by atoms with Gasteiger partial charge in [-0.3, -0.25) is 4.79 Å². The van der Waals surface area contributed by atoms with Crippen molar-refractivity contribution in [2.75, 3.05) is 0 Å². The fraction of sp³-hybridized carbons (Fsp3) is 0.286. The van der Waals surface area contributed by atoms with Crippen LogP contribution in [-0.2, 0) is 9.53 Å². The molecule has 3 aromatic rings. The Labute approximate surface area is 151 Å². The fourth-order valence-electron chi connectivity index (χ4n) is 3.31. The molecule has 1 aliphatic carbocycles. The van der Waals surface area contributed by atoms with E-state index in [0.29, 0.717) is 40.8 Å². The summed E-state index contributed by atoms with van der Waals surface area (Å²) in [6.45, 7) is 1.86. The normalized spacial score (nSPS) is 17.4. The molecule has 132 valence electrons. The van der Waals surface area contributed by atoms with Gasteiger partial charge in [-0.1, -0.05) is 18.2 Å². The zero-order valence-corrected chi connectivity index (χ0v) is 14.5. The lowest BCUT2D eigenvalue weighted by Crippen LogP contribution is -2.30. The van der Waals surface area contributed by atoms with Gasteiger partial charge in [-0.15, -0.1) is 0 Å². The van der Waals surface area contributed by atoms with Crippen LogP contribution in [0.1, 0.15) is 41.8 Å². The Morgan fingerprint density at radius 1 is 1.19 bits per heavy atom. The first kappa shape index (κ1) is 16.5. The number of aromatic nitrogens is 1. The minimum Gasteiger partial charge on any atom is -0.460 e. The molecular weight excluding hydrogens is 330 g/mol. The van der Waals surface area contributed by atoms with Crippen molar-refractivity contribution in [2.45, 2.75) is 38.7 Å². The van der Waals surface area contributed by atoms with Gasteiger partial charge >= 0.3 is 5.97 Å². The van der Waals surface area contributed by atoms with Crippen LogP contribution in [0.2, 0.25) is 0 Å². The second kappa shape index (κ2) is 6.75. The van der Waals surface area contributed by atoms with E-state index in [9.17, 15) is 9.59 Å². The number of esters is 1. The van der Waals surface area contributed by atoms with Gasteiger partial charge in [0.25, 0.3) is 0 Å². The summed E-state index contributed by atoms with van der Waals surface area (Å²) in [5, 5.41) is 0.702. The summed E-state index contributed by atoms with van der Waals surface area (Å²) < 4.78 is 11.2. The maximum Gasteiger partial charge on any atom is 0.339 e. The molecule has 0 saturated heterocycles. The van der Waals surface area contributed by atoms with Crippen LogP contribution < -0.4 is 0 Å². The van der Waals surface area contributed by atoms with Crippen LogP contribution in [0.4, 0.5) is 0 Å². The van der Waals surface area contributed by atoms with E-state index in [1.165, 1.54) is 0 Å². The van der Waals surface area contributed by atoms with E-state index in [-0.39, 0.29) is 5.78 Å². The molecule has 0 radical (unpaired) electrons. The third-order valence-electron chi connectivity index (χ3n) is 4.68. The number of hydrogen-bond donors (Lipinski definition) is 0. The zero-order chi connectivity index (χ0) is 18.1. The summed E-state index contributed by atoms with van der Waals surface area (Å²) in [4.78, 5) is 29.4. The standard InChI is InChI=1S/C21H19NO4/c1-13-10-11-19(25-13)17-12-15(14-6-2-3-7-16(14)22-17)21(24)26-20-9-5-4-8-18(20)23/h2-3,6-7,10-12,20H,4-5,8-9H2,1H3. The third-order valence-corrected chi connectivity index (χ3v) is 4.68. The topological polar surface area (TPSA) is 69.4 Å².